The van der Waals surface area contributed by atoms with E-state index < -0.39 is 23.2 Å². The van der Waals surface area contributed by atoms with Crippen molar-refractivity contribution in [2.45, 2.75) is 13.3 Å². The lowest BCUT2D eigenvalue weighted by Crippen LogP contribution is -2.23. The molecule has 1 atom stereocenters. The van der Waals surface area contributed by atoms with Gasteiger partial charge in [0.05, 0.1) is 5.92 Å². The molecule has 0 aromatic heterocycles. The second-order valence-electron chi connectivity index (χ2n) is 1.76. The van der Waals surface area contributed by atoms with Crippen LogP contribution < -0.4 is 0 Å². The maximum atomic E-state index is 11.5. The Labute approximate surface area is 62.0 Å². The second kappa shape index (κ2) is 3.65. The molecule has 0 radical (unpaired) electrons. The lowest BCUT2D eigenvalue weighted by Gasteiger charge is -2.02. The predicted molar refractivity (Wildman–Crippen MR) is 34.2 cm³/mol. The van der Waals surface area contributed by atoms with Gasteiger partial charge < -0.3 is 0 Å². The average molecular weight is 168 g/mol. The smallest absolute Gasteiger partial charge is 0.292 e. The van der Waals surface area contributed by atoms with Crippen LogP contribution in [0.4, 0.5) is 8.78 Å². The largest absolute Gasteiger partial charge is 0.296 e. The molecular formula is C5H6F2O2S. The summed E-state index contributed by atoms with van der Waals surface area (Å²) in [6.07, 6.45) is -3.08. The molecule has 0 saturated carbocycles. The fourth-order valence-corrected chi connectivity index (χ4v) is 0.438. The van der Waals surface area contributed by atoms with Crippen molar-refractivity contribution in [2.24, 2.45) is 5.92 Å². The lowest BCUT2D eigenvalue weighted by atomic mass is 10.1. The molecule has 2 nitrogen and oxygen atoms in total. The van der Waals surface area contributed by atoms with Crippen LogP contribution in [0.3, 0.4) is 0 Å². The van der Waals surface area contributed by atoms with Gasteiger partial charge in [0, 0.05) is 0 Å². The monoisotopic (exact) mass is 168 g/mol. The molecule has 0 heterocycles. The molecule has 0 N–H and O–H groups in total. The first kappa shape index (κ1) is 9.55. The Morgan fingerprint density at radius 2 is 1.80 bits per heavy atom. The summed E-state index contributed by atoms with van der Waals surface area (Å²) in [5, 5.41) is -0.828. The standard InChI is InChI=1S/C5H6F2O2S/c1-2(5(9)10)3(8)4(6)7/h2,4H,1H3,(H,9,10). The van der Waals surface area contributed by atoms with Gasteiger partial charge in [-0.1, -0.05) is 0 Å². The summed E-state index contributed by atoms with van der Waals surface area (Å²) >= 11 is 3.23. The number of Topliss-reactive ketones (excluding diaryl/α,β-unsaturated/α-hetero) is 1. The summed E-state index contributed by atoms with van der Waals surface area (Å²) in [5.41, 5.74) is 0. The normalized spacial score (nSPS) is 13.3. The number of hydrogen-bond donors (Lipinski definition) is 1. The third-order valence-corrected chi connectivity index (χ3v) is 1.40. The van der Waals surface area contributed by atoms with Gasteiger partial charge in [0.2, 0.25) is 5.78 Å². The topological polar surface area (TPSA) is 34.1 Å². The van der Waals surface area contributed by atoms with E-state index >= 15 is 0 Å². The SMILES string of the molecule is CC(C(=O)S)C(=O)C(F)F. The maximum Gasteiger partial charge on any atom is 0.296 e. The third kappa shape index (κ3) is 2.43. The molecule has 0 aromatic rings. The van der Waals surface area contributed by atoms with Crippen LogP contribution in [0.2, 0.25) is 0 Å². The van der Waals surface area contributed by atoms with Crippen LogP contribution in [0.15, 0.2) is 0 Å². The Bertz CT molecular complexity index is 158. The summed E-state index contributed by atoms with van der Waals surface area (Å²) in [4.78, 5) is 20.5. The van der Waals surface area contributed by atoms with Gasteiger partial charge in [-0.05, 0) is 6.92 Å². The van der Waals surface area contributed by atoms with Crippen LogP contribution in [-0.4, -0.2) is 17.3 Å². The first-order chi connectivity index (χ1) is 4.46. The van der Waals surface area contributed by atoms with E-state index in [9.17, 15) is 18.4 Å². The third-order valence-electron chi connectivity index (χ3n) is 1.01. The predicted octanol–water partition coefficient (Wildman–Crippen LogP) is 0.913. The highest BCUT2D eigenvalue weighted by Crippen LogP contribution is 2.08. The van der Waals surface area contributed by atoms with Gasteiger partial charge in [-0.2, -0.15) is 0 Å². The minimum atomic E-state index is -3.08. The molecule has 0 saturated heterocycles. The van der Waals surface area contributed by atoms with E-state index in [-0.39, 0.29) is 0 Å². The number of carbonyl (C=O) groups excluding carboxylic acids is 2. The molecule has 58 valence electrons. The number of thiol groups is 1. The molecule has 0 aliphatic rings. The van der Waals surface area contributed by atoms with Crippen molar-refractivity contribution in [3.63, 3.8) is 0 Å². The minimum absolute atomic E-state index is 0.828. The van der Waals surface area contributed by atoms with Crippen LogP contribution in [-0.2, 0) is 9.59 Å². The van der Waals surface area contributed by atoms with Crippen molar-refractivity contribution in [1.82, 2.24) is 0 Å². The lowest BCUT2D eigenvalue weighted by molar-refractivity contribution is -0.136. The Morgan fingerprint density at radius 1 is 1.40 bits per heavy atom. The molecule has 0 aliphatic carbocycles. The van der Waals surface area contributed by atoms with E-state index in [0.717, 1.165) is 6.92 Å². The molecule has 0 rings (SSSR count). The number of ketones is 1. The molecule has 0 amide bonds. The number of carbonyl (C=O) groups is 2. The van der Waals surface area contributed by atoms with Crippen LogP contribution in [0.25, 0.3) is 0 Å². The number of halogens is 2. The molecule has 0 fully saturated rings. The number of hydrogen-bond acceptors (Lipinski definition) is 2. The first-order valence-corrected chi connectivity index (χ1v) is 2.96. The highest BCUT2D eigenvalue weighted by atomic mass is 32.1. The van der Waals surface area contributed by atoms with Crippen LogP contribution in [0.1, 0.15) is 6.92 Å². The molecule has 10 heavy (non-hydrogen) atoms. The van der Waals surface area contributed by atoms with Crippen molar-refractivity contribution < 1.29 is 18.4 Å². The zero-order valence-corrected chi connectivity index (χ0v) is 6.07. The van der Waals surface area contributed by atoms with Crippen molar-refractivity contribution in [3.8, 4) is 0 Å². The zero-order chi connectivity index (χ0) is 8.31. The fourth-order valence-electron chi connectivity index (χ4n) is 0.311. The van der Waals surface area contributed by atoms with Crippen molar-refractivity contribution >= 4 is 23.5 Å². The maximum absolute atomic E-state index is 11.5. The van der Waals surface area contributed by atoms with Crippen LogP contribution >= 0.6 is 12.6 Å². The summed E-state index contributed by atoms with van der Waals surface area (Å²) in [5.74, 6) is -2.68. The van der Waals surface area contributed by atoms with Gasteiger partial charge in [0.15, 0.2) is 5.12 Å². The number of rotatable bonds is 3. The van der Waals surface area contributed by atoms with Crippen LogP contribution in [0.5, 0.6) is 0 Å². The van der Waals surface area contributed by atoms with E-state index in [2.05, 4.69) is 12.6 Å². The Balaban J connectivity index is 4.08. The molecule has 0 aliphatic heterocycles. The highest BCUT2D eigenvalue weighted by Gasteiger charge is 2.26. The van der Waals surface area contributed by atoms with Crippen molar-refractivity contribution in [1.29, 1.82) is 0 Å². The minimum Gasteiger partial charge on any atom is -0.292 e. The van der Waals surface area contributed by atoms with Gasteiger partial charge in [0.1, 0.15) is 0 Å². The Kier molecular flexibility index (Phi) is 3.49. The Morgan fingerprint density at radius 3 is 1.90 bits per heavy atom. The summed E-state index contributed by atoms with van der Waals surface area (Å²) in [6.45, 7) is 1.10. The van der Waals surface area contributed by atoms with E-state index in [1.807, 2.05) is 0 Å². The molecular weight excluding hydrogens is 162 g/mol. The second-order valence-corrected chi connectivity index (χ2v) is 2.20. The molecule has 1 unspecified atom stereocenters. The highest BCUT2D eigenvalue weighted by molar-refractivity contribution is 7.96. The molecule has 0 aromatic carbocycles. The van der Waals surface area contributed by atoms with Crippen molar-refractivity contribution in [2.75, 3.05) is 0 Å². The fraction of sp³-hybridized carbons (Fsp3) is 0.600. The van der Waals surface area contributed by atoms with E-state index in [0.29, 0.717) is 0 Å². The van der Waals surface area contributed by atoms with Crippen molar-refractivity contribution in [3.05, 3.63) is 0 Å². The first-order valence-electron chi connectivity index (χ1n) is 2.51. The Hall–Kier alpha value is -0.450. The number of alkyl halides is 2. The van der Waals surface area contributed by atoms with E-state index in [4.69, 9.17) is 0 Å². The van der Waals surface area contributed by atoms with Crippen LogP contribution in [0, 0.1) is 5.92 Å². The van der Waals surface area contributed by atoms with E-state index in [1.54, 1.807) is 0 Å². The zero-order valence-electron chi connectivity index (χ0n) is 5.17. The summed E-state index contributed by atoms with van der Waals surface area (Å²) < 4.78 is 23.0. The quantitative estimate of drug-likeness (QED) is 0.502. The van der Waals surface area contributed by atoms with Gasteiger partial charge in [-0.25, -0.2) is 8.78 Å². The van der Waals surface area contributed by atoms with Gasteiger partial charge in [-0.15, -0.1) is 12.6 Å². The van der Waals surface area contributed by atoms with Gasteiger partial charge >= 0.3 is 0 Å². The molecule has 5 heteroatoms. The molecule has 0 bridgehead atoms. The molecule has 0 spiro atoms. The van der Waals surface area contributed by atoms with Gasteiger partial charge in [-0.3, -0.25) is 9.59 Å². The van der Waals surface area contributed by atoms with E-state index in [1.165, 1.54) is 0 Å². The summed E-state index contributed by atoms with van der Waals surface area (Å²) in [6, 6.07) is 0. The van der Waals surface area contributed by atoms with Gasteiger partial charge in [0.25, 0.3) is 6.43 Å². The average Bonchev–Trinajstić information content (AvgIpc) is 1.84. The summed E-state index contributed by atoms with van der Waals surface area (Å²) in [7, 11) is 0.